The second-order valence-corrected chi connectivity index (χ2v) is 12.9. The number of rotatable bonds is 5. The molecular weight excluding hydrogens is 542 g/mol. The van der Waals surface area contributed by atoms with E-state index in [1.54, 1.807) is 0 Å². The van der Waals surface area contributed by atoms with Crippen LogP contribution in [-0.2, 0) is 19.5 Å². The number of fused-ring (bicyclic) bond motifs is 2. The Morgan fingerprint density at radius 1 is 1.14 bits per heavy atom. The summed E-state index contributed by atoms with van der Waals surface area (Å²) < 4.78 is 1.94. The zero-order valence-corrected chi connectivity index (χ0v) is 25.0. The first-order valence-corrected chi connectivity index (χ1v) is 15.5. The number of carbonyl (C=O) groups is 1. The van der Waals surface area contributed by atoms with Gasteiger partial charge in [0.05, 0.1) is 25.1 Å². The van der Waals surface area contributed by atoms with Crippen LogP contribution in [0.25, 0.3) is 10.8 Å². The van der Waals surface area contributed by atoms with Gasteiger partial charge < -0.3 is 24.7 Å². The molecule has 3 fully saturated rings. The molecule has 10 heteroatoms. The molecule has 4 heterocycles. The number of piperazine rings is 1. The topological polar surface area (TPSA) is 109 Å². The molecule has 0 bridgehead atoms. The van der Waals surface area contributed by atoms with Crippen molar-refractivity contribution >= 4 is 28.4 Å². The van der Waals surface area contributed by atoms with Gasteiger partial charge in [-0.05, 0) is 63.2 Å². The summed E-state index contributed by atoms with van der Waals surface area (Å²) in [5, 5.41) is 21.7. The molecule has 1 aromatic heterocycles. The van der Waals surface area contributed by atoms with E-state index >= 15 is 0 Å². The van der Waals surface area contributed by atoms with Crippen molar-refractivity contribution in [1.82, 2.24) is 19.4 Å². The van der Waals surface area contributed by atoms with Crippen molar-refractivity contribution in [3.8, 4) is 6.07 Å². The number of carboxylic acid groups (broad SMARTS) is 1. The number of anilines is 2. The number of likely N-dealkylation sites (N-methyl/N-ethyl adjacent to an activating group) is 1. The number of benzene rings is 2. The predicted molar refractivity (Wildman–Crippen MR) is 166 cm³/mol. The highest BCUT2D eigenvalue weighted by atomic mass is 16.4. The van der Waals surface area contributed by atoms with Crippen LogP contribution in [0.4, 0.5) is 16.3 Å². The summed E-state index contributed by atoms with van der Waals surface area (Å²) >= 11 is 0. The van der Waals surface area contributed by atoms with Crippen molar-refractivity contribution in [3.63, 3.8) is 0 Å². The number of likely N-dealkylation sites (tertiary alicyclic amines) is 1. The van der Waals surface area contributed by atoms with Gasteiger partial charge in [0.1, 0.15) is 5.82 Å². The molecule has 1 aliphatic carbocycles. The second kappa shape index (κ2) is 10.6. The monoisotopic (exact) mass is 581 g/mol. The average Bonchev–Trinajstić information content (AvgIpc) is 3.64. The maximum atomic E-state index is 13.9. The standard InChI is InChI=1S/C33H39N7O3/c1-22-6-3-7-23-8-4-10-27(29(22)23)40-21-28-26(18-33(40)12-13-33)30(35-31(41)39(28)20-24-9-5-15-36(24)2)37-16-17-38(32(42)43)25(19-37)11-14-34/h3-4,6-8,10,24-25H,5,9,11-13,15-21H2,1-2H3,(H,42,43)/t24-,25-/m0/s1. The molecule has 3 aliphatic heterocycles. The molecule has 1 spiro atoms. The summed E-state index contributed by atoms with van der Waals surface area (Å²) in [6.45, 7) is 5.53. The van der Waals surface area contributed by atoms with Gasteiger partial charge in [0, 0.05) is 66.5 Å². The van der Waals surface area contributed by atoms with Crippen LogP contribution in [0.1, 0.15) is 48.9 Å². The first-order valence-electron chi connectivity index (χ1n) is 15.5. The Labute approximate surface area is 251 Å². The third kappa shape index (κ3) is 4.70. The third-order valence-electron chi connectivity index (χ3n) is 10.4. The zero-order chi connectivity index (χ0) is 29.9. The molecule has 2 saturated heterocycles. The summed E-state index contributed by atoms with van der Waals surface area (Å²) in [6.07, 6.45) is 4.21. The smallest absolute Gasteiger partial charge is 0.407 e. The Morgan fingerprint density at radius 2 is 1.93 bits per heavy atom. The van der Waals surface area contributed by atoms with Crippen LogP contribution in [0.3, 0.4) is 0 Å². The largest absolute Gasteiger partial charge is 0.465 e. The van der Waals surface area contributed by atoms with Gasteiger partial charge in [-0.15, -0.1) is 0 Å². The van der Waals surface area contributed by atoms with E-state index in [2.05, 4.69) is 71.1 Å². The van der Waals surface area contributed by atoms with Crippen LogP contribution >= 0.6 is 0 Å². The first kappa shape index (κ1) is 27.7. The lowest BCUT2D eigenvalue weighted by Crippen LogP contribution is -2.56. The predicted octanol–water partition coefficient (Wildman–Crippen LogP) is 3.98. The van der Waals surface area contributed by atoms with Crippen molar-refractivity contribution in [2.45, 2.75) is 76.2 Å². The molecule has 2 aromatic carbocycles. The minimum absolute atomic E-state index is 0.0404. The molecular formula is C33H39N7O3. The Bertz CT molecular complexity index is 1680. The lowest BCUT2D eigenvalue weighted by Gasteiger charge is -2.44. The van der Waals surface area contributed by atoms with Crippen LogP contribution in [0, 0.1) is 18.3 Å². The number of aryl methyl sites for hydroxylation is 1. The van der Waals surface area contributed by atoms with Crippen molar-refractivity contribution < 1.29 is 9.90 Å². The van der Waals surface area contributed by atoms with Gasteiger partial charge >= 0.3 is 11.8 Å². The maximum absolute atomic E-state index is 13.9. The van der Waals surface area contributed by atoms with Crippen LogP contribution in [-0.4, -0.2) is 81.4 Å². The summed E-state index contributed by atoms with van der Waals surface area (Å²) in [5.74, 6) is 0.684. The van der Waals surface area contributed by atoms with Crippen molar-refractivity contribution in [3.05, 3.63) is 63.7 Å². The van der Waals surface area contributed by atoms with Gasteiger partial charge in [-0.1, -0.05) is 30.3 Å². The molecule has 0 radical (unpaired) electrons. The molecule has 224 valence electrons. The van der Waals surface area contributed by atoms with Gasteiger partial charge in [0.2, 0.25) is 0 Å². The zero-order valence-electron chi connectivity index (χ0n) is 25.0. The molecule has 1 amide bonds. The Balaban J connectivity index is 1.35. The summed E-state index contributed by atoms with van der Waals surface area (Å²) in [4.78, 5) is 38.9. The lowest BCUT2D eigenvalue weighted by molar-refractivity contribution is 0.119. The van der Waals surface area contributed by atoms with Gasteiger partial charge in [0.15, 0.2) is 0 Å². The number of hydrogen-bond acceptors (Lipinski definition) is 7. The van der Waals surface area contributed by atoms with Crippen molar-refractivity contribution in [1.29, 1.82) is 5.26 Å². The molecule has 10 nitrogen and oxygen atoms in total. The summed E-state index contributed by atoms with van der Waals surface area (Å²) in [5.41, 5.74) is 4.32. The van der Waals surface area contributed by atoms with Crippen LogP contribution in [0.15, 0.2) is 41.2 Å². The number of aromatic nitrogens is 2. The van der Waals surface area contributed by atoms with E-state index in [1.165, 1.54) is 26.9 Å². The molecule has 4 aliphatic rings. The van der Waals surface area contributed by atoms with E-state index in [-0.39, 0.29) is 24.2 Å². The molecule has 3 aromatic rings. The van der Waals surface area contributed by atoms with Crippen molar-refractivity contribution in [2.24, 2.45) is 0 Å². The van der Waals surface area contributed by atoms with Gasteiger partial charge in [0.25, 0.3) is 0 Å². The molecule has 2 atom stereocenters. The highest BCUT2D eigenvalue weighted by Crippen LogP contribution is 2.53. The molecule has 0 unspecified atom stereocenters. The van der Waals surface area contributed by atoms with Gasteiger partial charge in [-0.25, -0.2) is 9.59 Å². The minimum atomic E-state index is -1.01. The van der Waals surface area contributed by atoms with Crippen LogP contribution < -0.4 is 15.5 Å². The normalized spacial score (nSPS) is 23.0. The maximum Gasteiger partial charge on any atom is 0.407 e. The minimum Gasteiger partial charge on any atom is -0.465 e. The average molecular weight is 582 g/mol. The molecule has 1 N–H and O–H groups in total. The number of nitriles is 1. The number of hydrogen-bond donors (Lipinski definition) is 1. The van der Waals surface area contributed by atoms with Crippen LogP contribution in [0.2, 0.25) is 0 Å². The van der Waals surface area contributed by atoms with E-state index in [4.69, 9.17) is 4.98 Å². The van der Waals surface area contributed by atoms with E-state index in [9.17, 15) is 20.0 Å². The van der Waals surface area contributed by atoms with E-state index in [1.807, 2.05) is 4.57 Å². The Morgan fingerprint density at radius 3 is 2.63 bits per heavy atom. The van der Waals surface area contributed by atoms with E-state index in [0.717, 1.165) is 49.9 Å². The van der Waals surface area contributed by atoms with Crippen molar-refractivity contribution in [2.75, 3.05) is 43.0 Å². The fraction of sp³-hybridized carbons (Fsp3) is 0.515. The Kier molecular flexibility index (Phi) is 6.81. The van der Waals surface area contributed by atoms with E-state index in [0.29, 0.717) is 38.0 Å². The fourth-order valence-electron chi connectivity index (χ4n) is 7.84. The quantitative estimate of drug-likeness (QED) is 0.482. The molecule has 1 saturated carbocycles. The third-order valence-corrected chi connectivity index (χ3v) is 10.4. The number of amides is 1. The van der Waals surface area contributed by atoms with Gasteiger partial charge in [-0.3, -0.25) is 4.57 Å². The molecule has 43 heavy (non-hydrogen) atoms. The number of nitrogens with zero attached hydrogens (tertiary/aromatic N) is 7. The van der Waals surface area contributed by atoms with Gasteiger partial charge in [-0.2, -0.15) is 10.2 Å². The highest BCUT2D eigenvalue weighted by molar-refractivity contribution is 5.97. The Hall–Kier alpha value is -4.10. The molecule has 7 rings (SSSR count). The second-order valence-electron chi connectivity index (χ2n) is 12.9. The summed E-state index contributed by atoms with van der Waals surface area (Å²) in [6, 6.07) is 15.0. The fourth-order valence-corrected chi connectivity index (χ4v) is 7.84. The highest BCUT2D eigenvalue weighted by Gasteiger charge is 2.53. The lowest BCUT2D eigenvalue weighted by atomic mass is 9.92. The SMILES string of the molecule is Cc1cccc2cccc(N3Cc4c(c(N5CCN(C(=O)O)[C@@H](CC#N)C5)nc(=O)n4C[C@@H]4CCCN4C)CC34CC4)c12. The summed E-state index contributed by atoms with van der Waals surface area (Å²) in [7, 11) is 2.14. The first-order chi connectivity index (χ1) is 20.8. The van der Waals surface area contributed by atoms with E-state index < -0.39 is 12.1 Å². The van der Waals surface area contributed by atoms with Crippen LogP contribution in [0.5, 0.6) is 0 Å².